The summed E-state index contributed by atoms with van der Waals surface area (Å²) < 4.78 is 5.87. The number of benzene rings is 1. The van der Waals surface area contributed by atoms with E-state index in [1.54, 1.807) is 0 Å². The smallest absolute Gasteiger partial charge is 0.172 e. The van der Waals surface area contributed by atoms with Crippen LogP contribution in [-0.4, -0.2) is 21.0 Å². The Bertz CT molecular complexity index is 1160. The number of aromatic amines is 1. The van der Waals surface area contributed by atoms with Crippen molar-refractivity contribution in [3.05, 3.63) is 52.4 Å². The lowest BCUT2D eigenvalue weighted by Gasteiger charge is -2.22. The van der Waals surface area contributed by atoms with Crippen LogP contribution in [0.1, 0.15) is 70.6 Å². The Morgan fingerprint density at radius 2 is 1.61 bits per heavy atom. The van der Waals surface area contributed by atoms with Crippen LogP contribution in [0.15, 0.2) is 41.2 Å². The zero-order chi connectivity index (χ0) is 23.8. The number of hydrogen-bond acceptors (Lipinski definition) is 6. The van der Waals surface area contributed by atoms with Crippen molar-refractivity contribution in [3.63, 3.8) is 0 Å². The fraction of sp³-hybridized carbons (Fsp3) is 0.423. The topological polar surface area (TPSA) is 122 Å². The Morgan fingerprint density at radius 3 is 2.24 bits per heavy atom. The summed E-state index contributed by atoms with van der Waals surface area (Å²) in [7, 11) is 0. The summed E-state index contributed by atoms with van der Waals surface area (Å²) in [4.78, 5) is 0. The molecule has 2 aromatic rings. The van der Waals surface area contributed by atoms with Crippen molar-refractivity contribution in [2.24, 2.45) is 0 Å². The number of nitrogens with zero attached hydrogens (tertiary/aromatic N) is 5. The lowest BCUT2D eigenvalue weighted by molar-refractivity contribution is 0.109. The first-order valence-electron chi connectivity index (χ1n) is 11.4. The standard InChI is InChI=1S/C26H28N6O/c1-4-5-6-7-8-9-10-22-24(31-32-30-22)19-13-11-18(12-14-19)23-21(17-29)25(20(15-27)16-28)33-26(23,2)3/h11-14H,4-10H2,1-3H3,(H,30,31,32). The van der Waals surface area contributed by atoms with Crippen LogP contribution in [0.25, 0.3) is 16.8 Å². The summed E-state index contributed by atoms with van der Waals surface area (Å²) in [6, 6.07) is 13.5. The van der Waals surface area contributed by atoms with Crippen LogP contribution >= 0.6 is 0 Å². The Hall–Kier alpha value is -3.89. The van der Waals surface area contributed by atoms with E-state index in [1.165, 1.54) is 32.1 Å². The van der Waals surface area contributed by atoms with E-state index in [1.807, 2.05) is 50.3 Å². The normalized spacial score (nSPS) is 14.4. The average Bonchev–Trinajstić information content (AvgIpc) is 3.38. The van der Waals surface area contributed by atoms with Gasteiger partial charge in [-0.1, -0.05) is 68.5 Å². The van der Waals surface area contributed by atoms with E-state index in [0.29, 0.717) is 5.57 Å². The SMILES string of the molecule is CCCCCCCCc1[nH]nnc1-c1ccc(C2=C(C#N)C(=C(C#N)C#N)OC2(C)C)cc1. The number of rotatable bonds is 9. The van der Waals surface area contributed by atoms with E-state index in [4.69, 9.17) is 4.74 Å². The first-order chi connectivity index (χ1) is 16.0. The zero-order valence-corrected chi connectivity index (χ0v) is 19.4. The number of nitriles is 3. The third-order valence-electron chi connectivity index (χ3n) is 5.85. The molecule has 0 fully saturated rings. The Morgan fingerprint density at radius 1 is 0.970 bits per heavy atom. The van der Waals surface area contributed by atoms with Gasteiger partial charge in [-0.25, -0.2) is 0 Å². The van der Waals surface area contributed by atoms with Gasteiger partial charge in [0.2, 0.25) is 0 Å². The van der Waals surface area contributed by atoms with E-state index >= 15 is 0 Å². The molecular weight excluding hydrogens is 412 g/mol. The van der Waals surface area contributed by atoms with Gasteiger partial charge in [-0.05, 0) is 32.3 Å². The average molecular weight is 441 g/mol. The maximum absolute atomic E-state index is 9.77. The summed E-state index contributed by atoms with van der Waals surface area (Å²) >= 11 is 0. The Balaban J connectivity index is 1.84. The third kappa shape index (κ3) is 5.13. The molecule has 7 heteroatoms. The molecule has 3 rings (SSSR count). The van der Waals surface area contributed by atoms with E-state index in [9.17, 15) is 15.8 Å². The molecule has 0 saturated carbocycles. The largest absolute Gasteiger partial charge is 0.480 e. The Labute approximate surface area is 195 Å². The predicted octanol–water partition coefficient (Wildman–Crippen LogP) is 5.76. The van der Waals surface area contributed by atoms with E-state index in [2.05, 4.69) is 28.4 Å². The fourth-order valence-electron chi connectivity index (χ4n) is 4.20. The van der Waals surface area contributed by atoms with Gasteiger partial charge < -0.3 is 4.74 Å². The van der Waals surface area contributed by atoms with Gasteiger partial charge in [0.1, 0.15) is 35.1 Å². The molecule has 0 saturated heterocycles. The number of hydrogen-bond donors (Lipinski definition) is 1. The molecule has 1 aromatic carbocycles. The van der Waals surface area contributed by atoms with Crippen molar-refractivity contribution in [1.29, 1.82) is 15.8 Å². The highest BCUT2D eigenvalue weighted by Gasteiger charge is 2.40. The molecule has 0 atom stereocenters. The highest BCUT2D eigenvalue weighted by molar-refractivity contribution is 5.84. The number of ether oxygens (including phenoxy) is 1. The minimum absolute atomic E-state index is 0.0456. The molecule has 1 N–H and O–H groups in total. The van der Waals surface area contributed by atoms with Crippen LogP contribution < -0.4 is 0 Å². The number of aromatic nitrogens is 3. The maximum atomic E-state index is 9.77. The van der Waals surface area contributed by atoms with E-state index < -0.39 is 5.60 Å². The number of H-pyrrole nitrogens is 1. The minimum Gasteiger partial charge on any atom is -0.480 e. The van der Waals surface area contributed by atoms with Crippen molar-refractivity contribution in [2.45, 2.75) is 71.3 Å². The van der Waals surface area contributed by atoms with Crippen molar-refractivity contribution in [3.8, 4) is 29.5 Å². The van der Waals surface area contributed by atoms with Gasteiger partial charge in [0, 0.05) is 11.1 Å². The van der Waals surface area contributed by atoms with Crippen molar-refractivity contribution >= 4 is 5.57 Å². The lowest BCUT2D eigenvalue weighted by Crippen LogP contribution is -2.21. The fourth-order valence-corrected chi connectivity index (χ4v) is 4.20. The molecule has 7 nitrogen and oxygen atoms in total. The van der Waals surface area contributed by atoms with Gasteiger partial charge in [-0.15, -0.1) is 5.10 Å². The third-order valence-corrected chi connectivity index (χ3v) is 5.85. The van der Waals surface area contributed by atoms with E-state index in [-0.39, 0.29) is 16.9 Å². The van der Waals surface area contributed by atoms with Crippen molar-refractivity contribution < 1.29 is 4.74 Å². The molecule has 0 spiro atoms. The summed E-state index contributed by atoms with van der Waals surface area (Å²) in [5.74, 6) is 0.0456. The van der Waals surface area contributed by atoms with Gasteiger partial charge in [0.15, 0.2) is 11.3 Å². The molecule has 1 aliphatic rings. The highest BCUT2D eigenvalue weighted by Crippen LogP contribution is 2.45. The lowest BCUT2D eigenvalue weighted by atomic mass is 9.88. The summed E-state index contributed by atoms with van der Waals surface area (Å²) in [5.41, 5.74) is 3.42. The number of allylic oxidation sites excluding steroid dienone is 2. The molecule has 2 heterocycles. The van der Waals surface area contributed by atoms with Crippen LogP contribution in [0.5, 0.6) is 0 Å². The van der Waals surface area contributed by atoms with Gasteiger partial charge >= 0.3 is 0 Å². The molecular formula is C26H28N6O. The van der Waals surface area contributed by atoms with Gasteiger partial charge in [-0.3, -0.25) is 5.10 Å². The quantitative estimate of drug-likeness (QED) is 0.390. The van der Waals surface area contributed by atoms with Crippen LogP contribution in [0, 0.1) is 34.0 Å². The summed E-state index contributed by atoms with van der Waals surface area (Å²) in [6.45, 7) is 5.87. The van der Waals surface area contributed by atoms with Crippen molar-refractivity contribution in [1.82, 2.24) is 15.4 Å². The number of nitrogens with one attached hydrogen (secondary N) is 1. The molecule has 1 aliphatic heterocycles. The second-order valence-electron chi connectivity index (χ2n) is 8.64. The van der Waals surface area contributed by atoms with Crippen LogP contribution in [0.3, 0.4) is 0 Å². The molecule has 33 heavy (non-hydrogen) atoms. The minimum atomic E-state index is -0.850. The van der Waals surface area contributed by atoms with Crippen LogP contribution in [0.4, 0.5) is 0 Å². The second-order valence-corrected chi connectivity index (χ2v) is 8.64. The van der Waals surface area contributed by atoms with E-state index in [0.717, 1.165) is 35.4 Å². The summed E-state index contributed by atoms with van der Waals surface area (Å²) in [5, 5.41) is 39.6. The number of unbranched alkanes of at least 4 members (excludes halogenated alkanes) is 5. The zero-order valence-electron chi connectivity index (χ0n) is 19.4. The number of aryl methyl sites for hydroxylation is 1. The molecule has 0 amide bonds. The van der Waals surface area contributed by atoms with Crippen LogP contribution in [0.2, 0.25) is 0 Å². The van der Waals surface area contributed by atoms with Gasteiger partial charge in [0.05, 0.1) is 5.69 Å². The predicted molar refractivity (Wildman–Crippen MR) is 125 cm³/mol. The van der Waals surface area contributed by atoms with Crippen molar-refractivity contribution in [2.75, 3.05) is 0 Å². The molecule has 1 aromatic heterocycles. The van der Waals surface area contributed by atoms with Gasteiger partial charge in [-0.2, -0.15) is 15.8 Å². The second kappa shape index (κ2) is 10.6. The molecule has 0 aliphatic carbocycles. The highest BCUT2D eigenvalue weighted by atomic mass is 16.5. The molecule has 168 valence electrons. The first-order valence-corrected chi connectivity index (χ1v) is 11.4. The molecule has 0 radical (unpaired) electrons. The van der Waals surface area contributed by atoms with Crippen LogP contribution in [-0.2, 0) is 11.2 Å². The Kier molecular flexibility index (Phi) is 7.65. The first kappa shape index (κ1) is 23.8. The van der Waals surface area contributed by atoms with Gasteiger partial charge in [0.25, 0.3) is 0 Å². The maximum Gasteiger partial charge on any atom is 0.172 e. The monoisotopic (exact) mass is 440 g/mol. The molecule has 0 bridgehead atoms. The molecule has 0 unspecified atom stereocenters. The summed E-state index contributed by atoms with van der Waals surface area (Å²) in [6.07, 6.45) is 8.27.